The Kier molecular flexibility index (Phi) is 5.11. The van der Waals surface area contributed by atoms with E-state index < -0.39 is 0 Å². The SMILES string of the molecule is CN(C)C1(c2ccccc2)CCC2(CC1)CN(CCc1ccncc1)C(=O)N2. The number of carbonyl (C=O) groups excluding carboxylic acids is 1. The fourth-order valence-corrected chi connectivity index (χ4v) is 4.94. The van der Waals surface area contributed by atoms with Gasteiger partial charge in [-0.2, -0.15) is 0 Å². The lowest BCUT2D eigenvalue weighted by atomic mass is 9.69. The van der Waals surface area contributed by atoms with E-state index in [2.05, 4.69) is 59.6 Å². The van der Waals surface area contributed by atoms with Crippen molar-refractivity contribution in [1.82, 2.24) is 20.1 Å². The molecule has 1 aromatic carbocycles. The van der Waals surface area contributed by atoms with E-state index in [1.807, 2.05) is 29.4 Å². The molecule has 1 saturated carbocycles. The number of hydrogen-bond donors (Lipinski definition) is 1. The van der Waals surface area contributed by atoms with E-state index in [1.54, 1.807) is 0 Å². The molecule has 2 aliphatic rings. The quantitative estimate of drug-likeness (QED) is 0.867. The highest BCUT2D eigenvalue weighted by molar-refractivity contribution is 5.78. The van der Waals surface area contributed by atoms with Crippen LogP contribution in [0.25, 0.3) is 0 Å². The number of hydrogen-bond acceptors (Lipinski definition) is 3. The molecular formula is C23H30N4O. The number of nitrogens with zero attached hydrogens (tertiary/aromatic N) is 3. The van der Waals surface area contributed by atoms with Crippen LogP contribution >= 0.6 is 0 Å². The monoisotopic (exact) mass is 378 g/mol. The molecule has 2 amide bonds. The summed E-state index contributed by atoms with van der Waals surface area (Å²) in [4.78, 5) is 21.1. The summed E-state index contributed by atoms with van der Waals surface area (Å²) in [5.74, 6) is 0. The minimum Gasteiger partial charge on any atom is -0.331 e. The Morgan fingerprint density at radius 3 is 2.36 bits per heavy atom. The molecule has 148 valence electrons. The molecular weight excluding hydrogens is 348 g/mol. The summed E-state index contributed by atoms with van der Waals surface area (Å²) >= 11 is 0. The minimum atomic E-state index is -0.0797. The molecule has 1 saturated heterocycles. The Labute approximate surface area is 167 Å². The molecule has 1 N–H and O–H groups in total. The van der Waals surface area contributed by atoms with Crippen molar-refractivity contribution in [2.75, 3.05) is 27.2 Å². The van der Waals surface area contributed by atoms with Crippen LogP contribution in [0, 0.1) is 0 Å². The molecule has 5 nitrogen and oxygen atoms in total. The van der Waals surface area contributed by atoms with Gasteiger partial charge in [-0.1, -0.05) is 30.3 Å². The Hall–Kier alpha value is -2.40. The van der Waals surface area contributed by atoms with Crippen molar-refractivity contribution < 1.29 is 4.79 Å². The summed E-state index contributed by atoms with van der Waals surface area (Å²) in [6.45, 7) is 1.57. The van der Waals surface area contributed by atoms with Crippen LogP contribution in [-0.4, -0.2) is 53.5 Å². The first-order valence-electron chi connectivity index (χ1n) is 10.2. The van der Waals surface area contributed by atoms with E-state index in [9.17, 15) is 4.79 Å². The van der Waals surface area contributed by atoms with Gasteiger partial charge < -0.3 is 10.2 Å². The van der Waals surface area contributed by atoms with Gasteiger partial charge in [-0.15, -0.1) is 0 Å². The third kappa shape index (κ3) is 3.51. The van der Waals surface area contributed by atoms with E-state index in [0.29, 0.717) is 0 Å². The summed E-state index contributed by atoms with van der Waals surface area (Å²) in [6, 6.07) is 15.0. The predicted octanol–water partition coefficient (Wildman–Crippen LogP) is 3.42. The van der Waals surface area contributed by atoms with Gasteiger partial charge >= 0.3 is 6.03 Å². The van der Waals surface area contributed by atoms with E-state index >= 15 is 0 Å². The largest absolute Gasteiger partial charge is 0.331 e. The summed E-state index contributed by atoms with van der Waals surface area (Å²) in [5, 5.41) is 3.34. The molecule has 1 aromatic heterocycles. The summed E-state index contributed by atoms with van der Waals surface area (Å²) in [5.41, 5.74) is 2.59. The number of urea groups is 1. The number of nitrogens with one attached hydrogen (secondary N) is 1. The first-order valence-corrected chi connectivity index (χ1v) is 10.2. The molecule has 2 aromatic rings. The summed E-state index contributed by atoms with van der Waals surface area (Å²) in [7, 11) is 4.36. The van der Waals surface area contributed by atoms with Crippen LogP contribution < -0.4 is 5.32 Å². The molecule has 1 aliphatic heterocycles. The van der Waals surface area contributed by atoms with Gasteiger partial charge in [-0.25, -0.2) is 4.79 Å². The fourth-order valence-electron chi connectivity index (χ4n) is 4.94. The van der Waals surface area contributed by atoms with Gasteiger partial charge in [0.15, 0.2) is 0 Å². The average molecular weight is 379 g/mol. The molecule has 2 fully saturated rings. The zero-order valence-corrected chi connectivity index (χ0v) is 16.9. The maximum atomic E-state index is 12.6. The summed E-state index contributed by atoms with van der Waals surface area (Å²) in [6.07, 6.45) is 8.64. The standard InChI is InChI=1S/C23H30N4O/c1-26(2)23(20-6-4-3-5-7-20)13-11-22(12-14-23)18-27(21(28)25-22)17-10-19-8-15-24-16-9-19/h3-9,15-16H,10-14,17-18H2,1-2H3,(H,25,28). The Morgan fingerprint density at radius 2 is 1.71 bits per heavy atom. The maximum absolute atomic E-state index is 12.6. The number of rotatable bonds is 5. The zero-order chi connectivity index (χ0) is 19.6. The van der Waals surface area contributed by atoms with Crippen molar-refractivity contribution in [3.8, 4) is 0 Å². The third-order valence-electron chi connectivity index (χ3n) is 6.77. The van der Waals surface area contributed by atoms with Crippen LogP contribution in [0.15, 0.2) is 54.9 Å². The van der Waals surface area contributed by atoms with Crippen molar-refractivity contribution in [1.29, 1.82) is 0 Å². The van der Waals surface area contributed by atoms with Crippen molar-refractivity contribution in [3.05, 3.63) is 66.0 Å². The number of amides is 2. The van der Waals surface area contributed by atoms with Crippen molar-refractivity contribution in [3.63, 3.8) is 0 Å². The number of benzene rings is 1. The van der Waals surface area contributed by atoms with Gasteiger partial charge in [0.25, 0.3) is 0 Å². The highest BCUT2D eigenvalue weighted by Gasteiger charge is 2.49. The van der Waals surface area contributed by atoms with Crippen LogP contribution in [0.1, 0.15) is 36.8 Å². The van der Waals surface area contributed by atoms with Gasteiger partial charge in [-0.3, -0.25) is 9.88 Å². The molecule has 0 atom stereocenters. The Balaban J connectivity index is 1.43. The van der Waals surface area contributed by atoms with Crippen LogP contribution in [0.5, 0.6) is 0 Å². The first kappa shape index (κ1) is 18.9. The number of carbonyl (C=O) groups is 1. The van der Waals surface area contributed by atoms with Gasteiger partial charge in [0, 0.05) is 31.0 Å². The average Bonchev–Trinajstić information content (AvgIpc) is 3.03. The van der Waals surface area contributed by atoms with Crippen LogP contribution in [0.2, 0.25) is 0 Å². The van der Waals surface area contributed by atoms with Gasteiger partial charge in [0.2, 0.25) is 0 Å². The molecule has 1 aliphatic carbocycles. The Bertz CT molecular complexity index is 798. The van der Waals surface area contributed by atoms with Crippen molar-refractivity contribution in [2.24, 2.45) is 0 Å². The third-order valence-corrected chi connectivity index (χ3v) is 6.77. The lowest BCUT2D eigenvalue weighted by Crippen LogP contribution is -2.54. The lowest BCUT2D eigenvalue weighted by molar-refractivity contribution is 0.0620. The van der Waals surface area contributed by atoms with Crippen LogP contribution in [0.3, 0.4) is 0 Å². The first-order chi connectivity index (χ1) is 13.5. The highest BCUT2D eigenvalue weighted by atomic mass is 16.2. The lowest BCUT2D eigenvalue weighted by Gasteiger charge is -2.48. The van der Waals surface area contributed by atoms with Crippen LogP contribution in [-0.2, 0) is 12.0 Å². The van der Waals surface area contributed by atoms with Crippen LogP contribution in [0.4, 0.5) is 4.79 Å². The second kappa shape index (κ2) is 7.55. The predicted molar refractivity (Wildman–Crippen MR) is 111 cm³/mol. The molecule has 0 radical (unpaired) electrons. The van der Waals surface area contributed by atoms with Gasteiger partial charge in [-0.05, 0) is 69.5 Å². The second-order valence-electron chi connectivity index (χ2n) is 8.53. The number of pyridine rings is 1. The van der Waals surface area contributed by atoms with E-state index in [0.717, 1.165) is 45.2 Å². The molecule has 5 heteroatoms. The van der Waals surface area contributed by atoms with Gasteiger partial charge in [0.05, 0.1) is 5.54 Å². The molecule has 28 heavy (non-hydrogen) atoms. The van der Waals surface area contributed by atoms with E-state index in [1.165, 1.54) is 11.1 Å². The number of aromatic nitrogens is 1. The Morgan fingerprint density at radius 1 is 1.04 bits per heavy atom. The highest BCUT2D eigenvalue weighted by Crippen LogP contribution is 2.45. The molecule has 1 spiro atoms. The summed E-state index contributed by atoms with van der Waals surface area (Å²) < 4.78 is 0. The van der Waals surface area contributed by atoms with Crippen molar-refractivity contribution in [2.45, 2.75) is 43.2 Å². The van der Waals surface area contributed by atoms with E-state index in [-0.39, 0.29) is 17.1 Å². The molecule has 0 unspecified atom stereocenters. The normalized spacial score (nSPS) is 27.4. The second-order valence-corrected chi connectivity index (χ2v) is 8.53. The topological polar surface area (TPSA) is 48.5 Å². The molecule has 4 rings (SSSR count). The minimum absolute atomic E-state index is 0.0572. The molecule has 0 bridgehead atoms. The van der Waals surface area contributed by atoms with E-state index in [4.69, 9.17) is 0 Å². The fraction of sp³-hybridized carbons (Fsp3) is 0.478. The van der Waals surface area contributed by atoms with Crippen molar-refractivity contribution >= 4 is 6.03 Å². The molecule has 2 heterocycles. The smallest absolute Gasteiger partial charge is 0.317 e. The zero-order valence-electron chi connectivity index (χ0n) is 16.9. The van der Waals surface area contributed by atoms with Gasteiger partial charge in [0.1, 0.15) is 0 Å². The maximum Gasteiger partial charge on any atom is 0.317 e.